The fraction of sp³-hybridized carbons (Fsp3) is 0.615. The summed E-state index contributed by atoms with van der Waals surface area (Å²) in [7, 11) is 0. The number of nitrogen functional groups attached to an aromatic ring is 2. The Hall–Kier alpha value is -1.49. The topological polar surface area (TPSA) is 80.2 Å². The van der Waals surface area contributed by atoms with Crippen LogP contribution < -0.4 is 16.8 Å². The van der Waals surface area contributed by atoms with Crippen molar-refractivity contribution in [3.63, 3.8) is 0 Å². The molecule has 0 spiro atoms. The fourth-order valence-corrected chi connectivity index (χ4v) is 3.13. The van der Waals surface area contributed by atoms with Gasteiger partial charge in [-0.25, -0.2) is 4.98 Å². The molecule has 0 amide bonds. The number of nitrogens with one attached hydrogen (secondary N) is 1. The Morgan fingerprint density at radius 3 is 2.94 bits per heavy atom. The van der Waals surface area contributed by atoms with E-state index >= 15 is 0 Å². The van der Waals surface area contributed by atoms with E-state index in [1.807, 2.05) is 12.1 Å². The van der Waals surface area contributed by atoms with Crippen LogP contribution in [-0.4, -0.2) is 35.1 Å². The Balaban J connectivity index is 1.64. The van der Waals surface area contributed by atoms with Crippen LogP contribution in [-0.2, 0) is 0 Å². The van der Waals surface area contributed by atoms with Gasteiger partial charge in [0.1, 0.15) is 11.6 Å². The van der Waals surface area contributed by atoms with E-state index in [1.165, 1.54) is 38.8 Å². The van der Waals surface area contributed by atoms with E-state index in [1.54, 1.807) is 0 Å². The molecule has 2 fully saturated rings. The van der Waals surface area contributed by atoms with Gasteiger partial charge < -0.3 is 21.7 Å². The minimum absolute atomic E-state index is 0.415. The summed E-state index contributed by atoms with van der Waals surface area (Å²) in [5.74, 6) is 1.26. The van der Waals surface area contributed by atoms with Crippen LogP contribution in [0.5, 0.6) is 0 Å². The molecule has 0 saturated carbocycles. The van der Waals surface area contributed by atoms with Crippen LogP contribution in [0.15, 0.2) is 12.1 Å². The van der Waals surface area contributed by atoms with Gasteiger partial charge in [0, 0.05) is 18.6 Å². The Morgan fingerprint density at radius 2 is 2.11 bits per heavy atom. The first-order valence-corrected chi connectivity index (χ1v) is 6.75. The van der Waals surface area contributed by atoms with Gasteiger partial charge in [0.05, 0.1) is 5.69 Å². The third-order valence-electron chi connectivity index (χ3n) is 4.13. The van der Waals surface area contributed by atoms with Gasteiger partial charge in [0.2, 0.25) is 0 Å². The van der Waals surface area contributed by atoms with Gasteiger partial charge in [0.25, 0.3) is 0 Å². The lowest BCUT2D eigenvalue weighted by molar-refractivity contribution is 0.188. The molecule has 0 aliphatic carbocycles. The van der Waals surface area contributed by atoms with Gasteiger partial charge >= 0.3 is 0 Å². The third kappa shape index (κ3) is 2.22. The molecule has 1 aromatic heterocycles. The number of nitrogens with zero attached hydrogens (tertiary/aromatic N) is 2. The van der Waals surface area contributed by atoms with Crippen molar-refractivity contribution in [3.8, 4) is 0 Å². The van der Waals surface area contributed by atoms with Gasteiger partial charge in [-0.2, -0.15) is 0 Å². The molecule has 0 radical (unpaired) electrons. The molecule has 2 saturated heterocycles. The number of nitrogens with two attached hydrogens (primary N) is 2. The second-order valence-electron chi connectivity index (χ2n) is 5.37. The van der Waals surface area contributed by atoms with Gasteiger partial charge in [0.15, 0.2) is 0 Å². The largest absolute Gasteiger partial charge is 0.396 e. The van der Waals surface area contributed by atoms with Crippen molar-refractivity contribution in [2.75, 3.05) is 29.9 Å². The van der Waals surface area contributed by atoms with E-state index in [0.29, 0.717) is 17.5 Å². The van der Waals surface area contributed by atoms with Crippen LogP contribution in [0.1, 0.15) is 25.7 Å². The molecule has 5 nitrogen and oxygen atoms in total. The number of piperidine rings is 1. The number of fused-ring (bicyclic) bond motifs is 1. The molecule has 1 aromatic rings. The summed E-state index contributed by atoms with van der Waals surface area (Å²) in [4.78, 5) is 6.89. The quantitative estimate of drug-likeness (QED) is 0.733. The first kappa shape index (κ1) is 11.6. The summed E-state index contributed by atoms with van der Waals surface area (Å²) in [6.07, 6.45) is 5.09. The van der Waals surface area contributed by atoms with Crippen molar-refractivity contribution in [3.05, 3.63) is 12.1 Å². The first-order valence-electron chi connectivity index (χ1n) is 6.75. The van der Waals surface area contributed by atoms with Crippen molar-refractivity contribution in [1.82, 2.24) is 9.88 Å². The Labute approximate surface area is 108 Å². The summed E-state index contributed by atoms with van der Waals surface area (Å²) in [6, 6.07) is 5.00. The zero-order valence-electron chi connectivity index (χ0n) is 10.6. The number of hydrogen-bond donors (Lipinski definition) is 3. The Kier molecular flexibility index (Phi) is 2.99. The third-order valence-corrected chi connectivity index (χ3v) is 4.13. The molecule has 98 valence electrons. The normalized spacial score (nSPS) is 28.0. The SMILES string of the molecule is Nc1ccc(NC2CCN3CCCC3C2)nc1N. The zero-order chi connectivity index (χ0) is 12.5. The fourth-order valence-electron chi connectivity index (χ4n) is 3.13. The van der Waals surface area contributed by atoms with E-state index in [9.17, 15) is 0 Å². The van der Waals surface area contributed by atoms with Crippen LogP contribution in [0, 0.1) is 0 Å². The van der Waals surface area contributed by atoms with Crippen molar-refractivity contribution >= 4 is 17.3 Å². The van der Waals surface area contributed by atoms with Crippen molar-refractivity contribution in [2.24, 2.45) is 0 Å². The minimum atomic E-state index is 0.415. The van der Waals surface area contributed by atoms with Gasteiger partial charge in [-0.1, -0.05) is 0 Å². The monoisotopic (exact) mass is 247 g/mol. The molecular formula is C13H21N5. The maximum atomic E-state index is 5.73. The molecule has 5 heteroatoms. The lowest BCUT2D eigenvalue weighted by atomic mass is 9.97. The average Bonchev–Trinajstić information content (AvgIpc) is 2.81. The number of pyridine rings is 1. The number of aromatic nitrogens is 1. The highest BCUT2D eigenvalue weighted by molar-refractivity contribution is 5.61. The Morgan fingerprint density at radius 1 is 1.22 bits per heavy atom. The Bertz CT molecular complexity index is 433. The lowest BCUT2D eigenvalue weighted by Gasteiger charge is -2.35. The molecule has 2 unspecified atom stereocenters. The van der Waals surface area contributed by atoms with Crippen LogP contribution in [0.4, 0.5) is 17.3 Å². The molecule has 0 aromatic carbocycles. The van der Waals surface area contributed by atoms with Gasteiger partial charge in [-0.3, -0.25) is 0 Å². The van der Waals surface area contributed by atoms with Gasteiger partial charge in [-0.15, -0.1) is 0 Å². The van der Waals surface area contributed by atoms with Crippen LogP contribution in [0.2, 0.25) is 0 Å². The lowest BCUT2D eigenvalue weighted by Crippen LogP contribution is -2.42. The molecule has 5 N–H and O–H groups in total. The van der Waals surface area contributed by atoms with Crippen LogP contribution in [0.3, 0.4) is 0 Å². The molecule has 3 rings (SSSR count). The predicted molar refractivity (Wildman–Crippen MR) is 74.3 cm³/mol. The van der Waals surface area contributed by atoms with Crippen molar-refractivity contribution < 1.29 is 0 Å². The highest BCUT2D eigenvalue weighted by atomic mass is 15.2. The van der Waals surface area contributed by atoms with Crippen molar-refractivity contribution in [1.29, 1.82) is 0 Å². The summed E-state index contributed by atoms with van der Waals surface area (Å²) in [6.45, 7) is 2.48. The number of hydrogen-bond acceptors (Lipinski definition) is 5. The summed E-state index contributed by atoms with van der Waals surface area (Å²) >= 11 is 0. The standard InChI is InChI=1S/C13H21N5/c14-11-3-4-12(17-13(11)15)16-9-5-7-18-6-1-2-10(18)8-9/h3-4,9-10H,1-2,5-8,14H2,(H3,15,16,17). The number of anilines is 3. The first-order chi connectivity index (χ1) is 8.72. The van der Waals surface area contributed by atoms with E-state index < -0.39 is 0 Å². The van der Waals surface area contributed by atoms with Gasteiger partial charge in [-0.05, 0) is 44.4 Å². The molecule has 2 atom stereocenters. The maximum absolute atomic E-state index is 5.73. The maximum Gasteiger partial charge on any atom is 0.149 e. The average molecular weight is 247 g/mol. The van der Waals surface area contributed by atoms with Crippen molar-refractivity contribution in [2.45, 2.75) is 37.8 Å². The summed E-state index contributed by atoms with van der Waals surface area (Å²) in [5, 5.41) is 3.49. The van der Waals surface area contributed by atoms with Crippen LogP contribution >= 0.6 is 0 Å². The molecule has 18 heavy (non-hydrogen) atoms. The second-order valence-corrected chi connectivity index (χ2v) is 5.37. The highest BCUT2D eigenvalue weighted by Crippen LogP contribution is 2.28. The molecule has 2 aliphatic heterocycles. The highest BCUT2D eigenvalue weighted by Gasteiger charge is 2.31. The minimum Gasteiger partial charge on any atom is -0.396 e. The second kappa shape index (κ2) is 4.65. The van der Waals surface area contributed by atoms with E-state index in [0.717, 1.165) is 11.9 Å². The van der Waals surface area contributed by atoms with E-state index in [-0.39, 0.29) is 0 Å². The predicted octanol–water partition coefficient (Wildman–Crippen LogP) is 1.28. The molecular weight excluding hydrogens is 226 g/mol. The molecule has 0 bridgehead atoms. The molecule has 2 aliphatic rings. The number of rotatable bonds is 2. The molecule has 3 heterocycles. The van der Waals surface area contributed by atoms with E-state index in [4.69, 9.17) is 11.5 Å². The zero-order valence-corrected chi connectivity index (χ0v) is 10.6. The summed E-state index contributed by atoms with van der Waals surface area (Å²) < 4.78 is 0. The smallest absolute Gasteiger partial charge is 0.149 e. The summed E-state index contributed by atoms with van der Waals surface area (Å²) in [5.41, 5.74) is 11.9. The van der Waals surface area contributed by atoms with Crippen LogP contribution in [0.25, 0.3) is 0 Å². The van der Waals surface area contributed by atoms with E-state index in [2.05, 4.69) is 15.2 Å².